The zero-order chi connectivity index (χ0) is 18.6. The van der Waals surface area contributed by atoms with Crippen LogP contribution in [0.25, 0.3) is 11.3 Å². The molecule has 2 heterocycles. The molecule has 1 aliphatic rings. The van der Waals surface area contributed by atoms with Gasteiger partial charge in [0, 0.05) is 30.9 Å². The normalized spacial score (nSPS) is 18.4. The monoisotopic (exact) mass is 377 g/mol. The van der Waals surface area contributed by atoms with E-state index in [2.05, 4.69) is 20.6 Å². The van der Waals surface area contributed by atoms with Gasteiger partial charge in [0.1, 0.15) is 0 Å². The standard InChI is InChI=1S/C17H23N5O3S/c1-26(24,25)22-7-3-4-13(11-22)9-19-17(23)21-15-6-2-5-14(8-15)16-10-18-12-20-16/h2,5-6,8,10,12-13H,3-4,7,9,11H2,1H3,(H,18,20)(H2,19,21,23)/t13-/m0/s1. The van der Waals surface area contributed by atoms with Crippen molar-refractivity contribution in [1.29, 1.82) is 0 Å². The quantitative estimate of drug-likeness (QED) is 0.739. The summed E-state index contributed by atoms with van der Waals surface area (Å²) in [4.78, 5) is 19.2. The summed E-state index contributed by atoms with van der Waals surface area (Å²) in [6.07, 6.45) is 6.26. The van der Waals surface area contributed by atoms with Crippen molar-refractivity contribution in [2.45, 2.75) is 12.8 Å². The zero-order valence-corrected chi connectivity index (χ0v) is 15.4. The van der Waals surface area contributed by atoms with Gasteiger partial charge in [-0.1, -0.05) is 12.1 Å². The Balaban J connectivity index is 1.52. The van der Waals surface area contributed by atoms with Crippen LogP contribution in [-0.4, -0.2) is 54.6 Å². The number of imidazole rings is 1. The maximum Gasteiger partial charge on any atom is 0.319 e. The van der Waals surface area contributed by atoms with Crippen LogP contribution in [-0.2, 0) is 10.0 Å². The number of amides is 2. The van der Waals surface area contributed by atoms with Gasteiger partial charge in [0.15, 0.2) is 0 Å². The lowest BCUT2D eigenvalue weighted by molar-refractivity contribution is 0.239. The number of aromatic amines is 1. The smallest absolute Gasteiger partial charge is 0.319 e. The van der Waals surface area contributed by atoms with Crippen LogP contribution < -0.4 is 10.6 Å². The second kappa shape index (κ2) is 7.88. The van der Waals surface area contributed by atoms with E-state index in [1.54, 1.807) is 12.5 Å². The van der Waals surface area contributed by atoms with Crippen LogP contribution in [0.3, 0.4) is 0 Å². The van der Waals surface area contributed by atoms with Crippen molar-refractivity contribution in [1.82, 2.24) is 19.6 Å². The molecule has 2 amide bonds. The molecule has 0 spiro atoms. The second-order valence-corrected chi connectivity index (χ2v) is 8.49. The van der Waals surface area contributed by atoms with Crippen molar-refractivity contribution in [2.24, 2.45) is 5.92 Å². The topological polar surface area (TPSA) is 107 Å². The fourth-order valence-corrected chi connectivity index (χ4v) is 4.03. The first-order valence-electron chi connectivity index (χ1n) is 8.50. The molecule has 9 heteroatoms. The number of rotatable bonds is 5. The maximum absolute atomic E-state index is 12.2. The predicted octanol–water partition coefficient (Wildman–Crippen LogP) is 1.87. The maximum atomic E-state index is 12.2. The average molecular weight is 377 g/mol. The first-order chi connectivity index (χ1) is 12.4. The van der Waals surface area contributed by atoms with Crippen molar-refractivity contribution in [3.8, 4) is 11.3 Å². The molecule has 0 unspecified atom stereocenters. The fraction of sp³-hybridized carbons (Fsp3) is 0.412. The predicted molar refractivity (Wildman–Crippen MR) is 100 cm³/mol. The lowest BCUT2D eigenvalue weighted by Crippen LogP contribution is -2.43. The van der Waals surface area contributed by atoms with E-state index in [1.165, 1.54) is 10.6 Å². The fourth-order valence-electron chi connectivity index (χ4n) is 3.09. The SMILES string of the molecule is CS(=O)(=O)N1CCC[C@@H](CNC(=O)Nc2cccc(-c3cnc[nH]3)c2)C1. The van der Waals surface area contributed by atoms with Gasteiger partial charge in [0.2, 0.25) is 10.0 Å². The van der Waals surface area contributed by atoms with E-state index in [-0.39, 0.29) is 11.9 Å². The van der Waals surface area contributed by atoms with Crippen LogP contribution in [0.5, 0.6) is 0 Å². The number of nitrogens with one attached hydrogen (secondary N) is 3. The molecule has 3 N–H and O–H groups in total. The minimum absolute atomic E-state index is 0.126. The molecule has 26 heavy (non-hydrogen) atoms. The number of H-pyrrole nitrogens is 1. The molecule has 0 bridgehead atoms. The second-order valence-electron chi connectivity index (χ2n) is 6.51. The van der Waals surface area contributed by atoms with Crippen molar-refractivity contribution in [2.75, 3.05) is 31.2 Å². The third-order valence-electron chi connectivity index (χ3n) is 4.43. The minimum Gasteiger partial charge on any atom is -0.345 e. The molecule has 1 aliphatic heterocycles. The summed E-state index contributed by atoms with van der Waals surface area (Å²) in [5.74, 6) is 0.126. The average Bonchev–Trinajstić information content (AvgIpc) is 3.14. The summed E-state index contributed by atoms with van der Waals surface area (Å²) in [5, 5.41) is 5.64. The van der Waals surface area contributed by atoms with Crippen LogP contribution >= 0.6 is 0 Å². The number of nitrogens with zero attached hydrogens (tertiary/aromatic N) is 2. The van der Waals surface area contributed by atoms with Crippen molar-refractivity contribution in [3.05, 3.63) is 36.8 Å². The molecule has 1 aromatic carbocycles. The van der Waals surface area contributed by atoms with E-state index in [0.717, 1.165) is 24.1 Å². The summed E-state index contributed by atoms with van der Waals surface area (Å²) in [6, 6.07) is 7.16. The van der Waals surface area contributed by atoms with E-state index in [9.17, 15) is 13.2 Å². The van der Waals surface area contributed by atoms with Gasteiger partial charge >= 0.3 is 6.03 Å². The Morgan fingerprint density at radius 2 is 2.27 bits per heavy atom. The number of aromatic nitrogens is 2. The zero-order valence-electron chi connectivity index (χ0n) is 14.6. The molecular formula is C17H23N5O3S. The van der Waals surface area contributed by atoms with Crippen LogP contribution in [0.15, 0.2) is 36.8 Å². The molecule has 3 rings (SSSR count). The molecular weight excluding hydrogens is 354 g/mol. The van der Waals surface area contributed by atoms with Gasteiger partial charge in [0.05, 0.1) is 24.5 Å². The summed E-state index contributed by atoms with van der Waals surface area (Å²) in [7, 11) is -3.18. The first kappa shape index (κ1) is 18.4. The van der Waals surface area contributed by atoms with E-state index in [1.807, 2.05) is 24.3 Å². The molecule has 1 atom stereocenters. The van der Waals surface area contributed by atoms with E-state index in [0.29, 0.717) is 25.3 Å². The highest BCUT2D eigenvalue weighted by molar-refractivity contribution is 7.88. The molecule has 0 aliphatic carbocycles. The highest BCUT2D eigenvalue weighted by Gasteiger charge is 2.25. The Morgan fingerprint density at radius 3 is 3.00 bits per heavy atom. The van der Waals surface area contributed by atoms with Crippen molar-refractivity contribution >= 4 is 21.7 Å². The van der Waals surface area contributed by atoms with E-state index in [4.69, 9.17) is 0 Å². The van der Waals surface area contributed by atoms with Gasteiger partial charge in [-0.3, -0.25) is 0 Å². The third kappa shape index (κ3) is 4.83. The number of sulfonamides is 1. The summed E-state index contributed by atoms with van der Waals surface area (Å²) in [5.41, 5.74) is 2.48. The first-order valence-corrected chi connectivity index (χ1v) is 10.4. The Morgan fingerprint density at radius 1 is 1.42 bits per heavy atom. The molecule has 140 valence electrons. The molecule has 0 saturated carbocycles. The molecule has 2 aromatic rings. The Labute approximate surface area is 153 Å². The van der Waals surface area contributed by atoms with Crippen molar-refractivity contribution < 1.29 is 13.2 Å². The lowest BCUT2D eigenvalue weighted by Gasteiger charge is -2.30. The molecule has 1 fully saturated rings. The number of carbonyl (C=O) groups excluding carboxylic acids is 1. The van der Waals surface area contributed by atoms with Crippen LogP contribution in [0.4, 0.5) is 10.5 Å². The Kier molecular flexibility index (Phi) is 5.58. The minimum atomic E-state index is -3.18. The number of piperidine rings is 1. The summed E-state index contributed by atoms with van der Waals surface area (Å²) in [6.45, 7) is 1.45. The van der Waals surface area contributed by atoms with Gasteiger partial charge in [-0.15, -0.1) is 0 Å². The van der Waals surface area contributed by atoms with Gasteiger partial charge in [-0.25, -0.2) is 22.5 Å². The molecule has 0 radical (unpaired) electrons. The van der Waals surface area contributed by atoms with E-state index < -0.39 is 10.0 Å². The van der Waals surface area contributed by atoms with Crippen molar-refractivity contribution in [3.63, 3.8) is 0 Å². The third-order valence-corrected chi connectivity index (χ3v) is 5.70. The number of anilines is 1. The number of carbonyl (C=O) groups is 1. The summed E-state index contributed by atoms with van der Waals surface area (Å²) < 4.78 is 24.8. The van der Waals surface area contributed by atoms with E-state index >= 15 is 0 Å². The largest absolute Gasteiger partial charge is 0.345 e. The molecule has 1 saturated heterocycles. The Hall–Kier alpha value is -2.39. The van der Waals surface area contributed by atoms with Gasteiger partial charge in [0.25, 0.3) is 0 Å². The lowest BCUT2D eigenvalue weighted by atomic mass is 10.00. The van der Waals surface area contributed by atoms with Gasteiger partial charge in [-0.2, -0.15) is 0 Å². The highest BCUT2D eigenvalue weighted by atomic mass is 32.2. The van der Waals surface area contributed by atoms with Crippen LogP contribution in [0.2, 0.25) is 0 Å². The summed E-state index contributed by atoms with van der Waals surface area (Å²) >= 11 is 0. The highest BCUT2D eigenvalue weighted by Crippen LogP contribution is 2.20. The number of benzene rings is 1. The van der Waals surface area contributed by atoms with Crippen LogP contribution in [0.1, 0.15) is 12.8 Å². The molecule has 8 nitrogen and oxygen atoms in total. The number of hydrogen-bond donors (Lipinski definition) is 3. The molecule has 1 aromatic heterocycles. The van der Waals surface area contributed by atoms with Crippen LogP contribution in [0, 0.1) is 5.92 Å². The number of urea groups is 1. The number of hydrogen-bond acceptors (Lipinski definition) is 4. The Bertz CT molecular complexity index is 851. The van der Waals surface area contributed by atoms with Gasteiger partial charge in [-0.05, 0) is 30.9 Å². The van der Waals surface area contributed by atoms with Gasteiger partial charge < -0.3 is 15.6 Å².